The number of nitrogens with zero attached hydrogens (tertiary/aromatic N) is 1. The maximum absolute atomic E-state index is 12.5. The van der Waals surface area contributed by atoms with Gasteiger partial charge in [-0.15, -0.1) is 11.3 Å². The summed E-state index contributed by atoms with van der Waals surface area (Å²) < 4.78 is 17.1. The fraction of sp³-hybridized carbons (Fsp3) is 0.385. The van der Waals surface area contributed by atoms with Gasteiger partial charge in [-0.05, 0) is 66.0 Å². The molecule has 7 heteroatoms. The molecule has 1 N–H and O–H groups in total. The summed E-state index contributed by atoms with van der Waals surface area (Å²) in [6.45, 7) is 7.54. The van der Waals surface area contributed by atoms with Crippen LogP contribution in [0.4, 0.5) is 4.79 Å². The van der Waals surface area contributed by atoms with Gasteiger partial charge in [0.25, 0.3) is 0 Å². The van der Waals surface area contributed by atoms with Crippen molar-refractivity contribution in [2.75, 3.05) is 7.11 Å². The van der Waals surface area contributed by atoms with Crippen molar-refractivity contribution < 1.29 is 19.0 Å². The maximum atomic E-state index is 12.5. The Hall–Kier alpha value is -3.06. The Labute approximate surface area is 197 Å². The van der Waals surface area contributed by atoms with Crippen LogP contribution in [0.25, 0.3) is 0 Å². The van der Waals surface area contributed by atoms with Gasteiger partial charge in [0.05, 0.1) is 7.11 Å². The lowest BCUT2D eigenvalue weighted by atomic mass is 9.96. The van der Waals surface area contributed by atoms with Gasteiger partial charge in [-0.2, -0.15) is 0 Å². The number of aromatic nitrogens is 1. The van der Waals surface area contributed by atoms with Crippen molar-refractivity contribution in [1.82, 2.24) is 10.3 Å². The zero-order chi connectivity index (χ0) is 23.2. The van der Waals surface area contributed by atoms with Crippen molar-refractivity contribution in [2.24, 2.45) is 11.3 Å². The molecule has 2 aliphatic carbocycles. The maximum Gasteiger partial charge on any atom is 0.413 e. The molecule has 2 aromatic heterocycles. The minimum atomic E-state index is -0.445. The minimum absolute atomic E-state index is 0.303. The molecule has 1 amide bonds. The number of benzene rings is 1. The standard InChI is InChI=1S/C26H28N2O4S/c1-15-22-19(12-20-23(22)26(20,2)3)24(33-15)32-25(29)28-13-17-5-6-18(11-21(17)30-4)31-14-16-7-9-27-10-8-16/h5-11,20,23H,12-14H2,1-4H3,(H,28,29)/t20-,23-/m1/s1. The predicted molar refractivity (Wildman–Crippen MR) is 127 cm³/mol. The number of fused-ring (bicyclic) bond motifs is 3. The smallest absolute Gasteiger partial charge is 0.413 e. The van der Waals surface area contributed by atoms with Gasteiger partial charge < -0.3 is 19.5 Å². The molecule has 5 rings (SSSR count). The fourth-order valence-electron chi connectivity index (χ4n) is 5.07. The zero-order valence-electron chi connectivity index (χ0n) is 19.3. The highest BCUT2D eigenvalue weighted by atomic mass is 32.1. The van der Waals surface area contributed by atoms with Gasteiger partial charge in [0.15, 0.2) is 5.06 Å². The van der Waals surface area contributed by atoms with Crippen molar-refractivity contribution in [1.29, 1.82) is 0 Å². The minimum Gasteiger partial charge on any atom is -0.496 e. The molecule has 2 atom stereocenters. The van der Waals surface area contributed by atoms with Crippen LogP contribution in [0, 0.1) is 18.3 Å². The molecule has 0 saturated heterocycles. The van der Waals surface area contributed by atoms with Gasteiger partial charge in [-0.25, -0.2) is 4.79 Å². The van der Waals surface area contributed by atoms with Crippen LogP contribution in [0.15, 0.2) is 42.7 Å². The van der Waals surface area contributed by atoms with E-state index in [0.717, 1.165) is 22.6 Å². The number of methoxy groups -OCH3 is 1. The van der Waals surface area contributed by atoms with E-state index in [-0.39, 0.29) is 0 Å². The Morgan fingerprint density at radius 1 is 1.24 bits per heavy atom. The number of carbonyl (C=O) groups excluding carboxylic acids is 1. The Bertz CT molecular complexity index is 1190. The number of hydrogen-bond donors (Lipinski definition) is 1. The van der Waals surface area contributed by atoms with Gasteiger partial charge in [0, 0.05) is 41.0 Å². The Balaban J connectivity index is 1.19. The van der Waals surface area contributed by atoms with E-state index in [4.69, 9.17) is 14.2 Å². The number of aryl methyl sites for hydroxylation is 1. The van der Waals surface area contributed by atoms with Gasteiger partial charge >= 0.3 is 6.09 Å². The van der Waals surface area contributed by atoms with E-state index in [1.54, 1.807) is 30.8 Å². The molecular weight excluding hydrogens is 436 g/mol. The summed E-state index contributed by atoms with van der Waals surface area (Å²) in [5.74, 6) is 2.65. The van der Waals surface area contributed by atoms with Crippen molar-refractivity contribution in [3.05, 3.63) is 69.9 Å². The van der Waals surface area contributed by atoms with Crippen LogP contribution in [0.5, 0.6) is 16.6 Å². The molecule has 6 nitrogen and oxygen atoms in total. The topological polar surface area (TPSA) is 69.7 Å². The second-order valence-corrected chi connectivity index (χ2v) is 10.5. The summed E-state index contributed by atoms with van der Waals surface area (Å²) in [6, 6.07) is 9.41. The van der Waals surface area contributed by atoms with Crippen molar-refractivity contribution in [3.63, 3.8) is 0 Å². The molecule has 1 fully saturated rings. The first-order valence-corrected chi connectivity index (χ1v) is 12.0. The summed E-state index contributed by atoms with van der Waals surface area (Å²) in [5, 5.41) is 3.60. The van der Waals surface area contributed by atoms with Crippen LogP contribution in [-0.4, -0.2) is 18.2 Å². The van der Waals surface area contributed by atoms with Crippen LogP contribution in [0.2, 0.25) is 0 Å². The summed E-state index contributed by atoms with van der Waals surface area (Å²) in [6.07, 6.45) is 4.04. The molecule has 2 heterocycles. The normalized spacial score (nSPS) is 19.4. The average Bonchev–Trinajstić information content (AvgIpc) is 3.12. The van der Waals surface area contributed by atoms with E-state index < -0.39 is 6.09 Å². The fourth-order valence-corrected chi connectivity index (χ4v) is 6.14. The Kier molecular flexibility index (Phi) is 5.52. The lowest BCUT2D eigenvalue weighted by Gasteiger charge is -2.13. The third-order valence-electron chi connectivity index (χ3n) is 7.00. The molecule has 2 aliphatic rings. The van der Waals surface area contributed by atoms with E-state index >= 15 is 0 Å². The first-order chi connectivity index (χ1) is 15.9. The van der Waals surface area contributed by atoms with E-state index in [0.29, 0.717) is 41.9 Å². The zero-order valence-corrected chi connectivity index (χ0v) is 20.1. The van der Waals surface area contributed by atoms with Gasteiger partial charge in [-0.1, -0.05) is 13.8 Å². The quantitative estimate of drug-likeness (QED) is 0.491. The molecule has 1 aromatic carbocycles. The molecule has 3 aromatic rings. The van der Waals surface area contributed by atoms with Crippen LogP contribution in [-0.2, 0) is 19.6 Å². The third-order valence-corrected chi connectivity index (χ3v) is 8.05. The molecule has 1 saturated carbocycles. The van der Waals surface area contributed by atoms with E-state index in [9.17, 15) is 4.79 Å². The molecule has 0 unspecified atom stereocenters. The molecular formula is C26H28N2O4S. The average molecular weight is 465 g/mol. The van der Waals surface area contributed by atoms with Crippen LogP contribution in [0.3, 0.4) is 0 Å². The number of amides is 1. The first-order valence-electron chi connectivity index (χ1n) is 11.1. The van der Waals surface area contributed by atoms with Gasteiger partial charge in [0.2, 0.25) is 0 Å². The van der Waals surface area contributed by atoms with Crippen LogP contribution >= 0.6 is 11.3 Å². The van der Waals surface area contributed by atoms with E-state index in [1.165, 1.54) is 16.0 Å². The van der Waals surface area contributed by atoms with Crippen LogP contribution in [0.1, 0.15) is 46.9 Å². The Morgan fingerprint density at radius 3 is 2.79 bits per heavy atom. The van der Waals surface area contributed by atoms with E-state index in [2.05, 4.69) is 31.1 Å². The highest BCUT2D eigenvalue weighted by Crippen LogP contribution is 2.72. The molecule has 0 aliphatic heterocycles. The van der Waals surface area contributed by atoms with E-state index in [1.807, 2.05) is 30.3 Å². The highest BCUT2D eigenvalue weighted by molar-refractivity contribution is 7.14. The number of rotatable bonds is 7. The summed E-state index contributed by atoms with van der Waals surface area (Å²) in [7, 11) is 1.61. The number of carbonyl (C=O) groups is 1. The summed E-state index contributed by atoms with van der Waals surface area (Å²) in [5.41, 5.74) is 4.91. The number of thiophene rings is 1. The number of pyridine rings is 1. The molecule has 0 spiro atoms. The second-order valence-electron chi connectivity index (χ2n) is 9.31. The van der Waals surface area contributed by atoms with Gasteiger partial charge in [0.1, 0.15) is 18.1 Å². The summed E-state index contributed by atoms with van der Waals surface area (Å²) >= 11 is 1.58. The van der Waals surface area contributed by atoms with Crippen LogP contribution < -0.4 is 19.5 Å². The molecule has 0 radical (unpaired) electrons. The first kappa shape index (κ1) is 21.8. The van der Waals surface area contributed by atoms with Crippen molar-refractivity contribution in [2.45, 2.75) is 46.3 Å². The van der Waals surface area contributed by atoms with Crippen molar-refractivity contribution >= 4 is 17.4 Å². The molecule has 33 heavy (non-hydrogen) atoms. The second kappa shape index (κ2) is 8.37. The lowest BCUT2D eigenvalue weighted by molar-refractivity contribution is 0.201. The highest BCUT2D eigenvalue weighted by Gasteiger charge is 2.63. The number of hydrogen-bond acceptors (Lipinski definition) is 6. The SMILES string of the molecule is COc1cc(OCc2ccncc2)ccc1CNC(=O)Oc1sc(C)c2c1C[C@@H]1[C@H]2C1(C)C. The lowest BCUT2D eigenvalue weighted by Crippen LogP contribution is -2.26. The molecule has 172 valence electrons. The Morgan fingerprint density at radius 2 is 2.03 bits per heavy atom. The third kappa shape index (κ3) is 4.06. The monoisotopic (exact) mass is 464 g/mol. The largest absolute Gasteiger partial charge is 0.496 e. The van der Waals surface area contributed by atoms with Crippen molar-refractivity contribution in [3.8, 4) is 16.6 Å². The van der Waals surface area contributed by atoms with Gasteiger partial charge in [-0.3, -0.25) is 4.98 Å². The predicted octanol–water partition coefficient (Wildman–Crippen LogP) is 5.62. The summed E-state index contributed by atoms with van der Waals surface area (Å²) in [4.78, 5) is 17.8. The number of ether oxygens (including phenoxy) is 3. The number of nitrogens with one attached hydrogen (secondary N) is 1. The molecule has 0 bridgehead atoms.